The van der Waals surface area contributed by atoms with E-state index in [1.165, 1.54) is 0 Å². The van der Waals surface area contributed by atoms with E-state index in [9.17, 15) is 182 Å². The average molecular weight is 2010 g/mol. The molecule has 0 saturated carbocycles. The second-order valence-electron chi connectivity index (χ2n) is 34.3. The van der Waals surface area contributed by atoms with Crippen molar-refractivity contribution in [2.24, 2.45) is 0 Å². The molecule has 10 saturated heterocycles. The highest BCUT2D eigenvalue weighted by atomic mass is 16.8. The lowest BCUT2D eigenvalue weighted by Gasteiger charge is -2.51. The molecule has 36 N–H and O–H groups in total. The second-order valence-corrected chi connectivity index (χ2v) is 34.3. The Labute approximate surface area is 776 Å². The Morgan fingerprint density at radius 1 is 0.248 bits per heavy atom. The maximum Gasteiger partial charge on any atom is 0.217 e. The highest BCUT2D eigenvalue weighted by Gasteiger charge is 2.62. The minimum Gasteiger partial charge on any atom is -0.394 e. The van der Waals surface area contributed by atoms with Gasteiger partial charge < -0.3 is 280 Å². The summed E-state index contributed by atoms with van der Waals surface area (Å²) in [5, 5.41) is 359. The Morgan fingerprint density at radius 3 is 0.854 bits per heavy atom. The van der Waals surface area contributed by atoms with Crippen molar-refractivity contribution in [3.63, 3.8) is 0 Å². The fourth-order valence-electron chi connectivity index (χ4n) is 17.3. The van der Waals surface area contributed by atoms with Crippen LogP contribution in [0.4, 0.5) is 0 Å². The van der Waals surface area contributed by atoms with Crippen LogP contribution in [0.2, 0.25) is 0 Å². The SMILES string of the molecule is CC(=O)N[C@@H](CO)[C@@H](O)[C@H](OC1O[C@H](CO)[C@@H](OC2O[C@H](COC3O[C@H](COC4O[C@H](CO)[C@@H](OC5O[C@H](CO)[C@H](O)[C@H](O)[C@H]5O)[C@H](O)[C@H]4NC(C)=O)[C@@H](O)[C@H](O)[C@@H]3OC3O[C@H](CO)[C@@H](OC4O[C@H](CO)[C@H](O)[C@H](O)[C@H]4O)[C@H](O)[C@H]3NC(C)=O)[C@@H](O)[C@H](OC3O[C@H](CO)[C@@H](O)[C@H](O)[C@@H]3OC3O[C@H](CO)[C@@H](OC4O[C@H](CO)[C@H](O)[C@H](O)[C@H]4O)[C@H](O)[C@H]3NC(C)=O)[C@@H]2O)[C@H](O)[C@H]1NC(C)=O)[C@H](O)CO. The standard InChI is InChI=1S/C76H129N5O56/c1-18(92)77-23(6-82)39(98)59(24(97)7-83)130-68-36(79-20(3)94)47(106)63(32(15-91)125-68)134-74-58(117)64(135-76-66(53(112)43(102)28(11-87)123-76)137-70-38(81-22(5)96)49(108)62(31(14-90)127-70)133-73-57(116)52(111)42(101)27(10-86)122-73)45(104)34(128-74)17-119-75-65(136-69-37(80-21(4)95)48(107)61(30(13-89)126-69)132-72-56(115)51(110)41(100)26(9-85)121-72)54(113)44(103)33(129-75)16-118-67-35(78-19(2)93)46(105)60(29(12-88)124-67)131-71-55(114)50(109)40(99)25(8-84)120-71/h23-76,82-91,97-117H,6-17H2,1-5H3,(H,77,92)(H,78,93)(H,79,94)(H,80,95)(H,81,96)/t23-,24+,25+,26+,27+,28+,29+,30+,31+,32+,33+,34+,35+,36+,37+,38+,39+,40-,41-,42-,43+,44+,45+,46+,47+,48+,49+,50-,51-,52-,53-,54-,55+,56+,57+,58-,59+,60+,61+,62+,63+,64-,65-,66-,67?,68?,69?,70?,71?,72?,73?,74?,75?,76?/m0/s1. The van der Waals surface area contributed by atoms with Gasteiger partial charge in [-0.05, 0) is 0 Å². The Kier molecular flexibility index (Phi) is 42.4. The predicted octanol–water partition coefficient (Wildman–Crippen LogP) is -24.6. The van der Waals surface area contributed by atoms with Crippen LogP contribution >= 0.6 is 0 Å². The lowest BCUT2D eigenvalue weighted by Crippen LogP contribution is -2.70. The Bertz CT molecular complexity index is 3720. The van der Waals surface area contributed by atoms with Gasteiger partial charge in [-0.15, -0.1) is 0 Å². The van der Waals surface area contributed by atoms with E-state index >= 15 is 0 Å². The van der Waals surface area contributed by atoms with E-state index in [0.29, 0.717) is 0 Å². The molecule has 0 radical (unpaired) electrons. The number of carbonyl (C=O) groups excluding carboxylic acids is 5. The van der Waals surface area contributed by atoms with Crippen LogP contribution < -0.4 is 26.6 Å². The van der Waals surface area contributed by atoms with Gasteiger partial charge in [0.2, 0.25) is 29.5 Å². The molecule has 0 bridgehead atoms. The van der Waals surface area contributed by atoms with Gasteiger partial charge in [0, 0.05) is 34.6 Å². The molecule has 0 aliphatic carbocycles. The Hall–Kier alpha value is -4.69. The van der Waals surface area contributed by atoms with Crippen molar-refractivity contribution in [3.8, 4) is 0 Å². The van der Waals surface area contributed by atoms with E-state index in [1.54, 1.807) is 0 Å². The van der Waals surface area contributed by atoms with Gasteiger partial charge in [-0.3, -0.25) is 24.0 Å². The molecular formula is C76H129N5O56. The zero-order valence-corrected chi connectivity index (χ0v) is 73.7. The number of hydrogen-bond donors (Lipinski definition) is 36. The van der Waals surface area contributed by atoms with Gasteiger partial charge >= 0.3 is 0 Å². The van der Waals surface area contributed by atoms with E-state index < -0.39 is 440 Å². The molecule has 10 unspecified atom stereocenters. The van der Waals surface area contributed by atoms with Crippen LogP contribution in [0.1, 0.15) is 34.6 Å². The summed E-state index contributed by atoms with van der Waals surface area (Å²) in [6, 6.07) is -9.76. The van der Waals surface area contributed by atoms with Crippen molar-refractivity contribution in [3.05, 3.63) is 0 Å². The summed E-state index contributed by atoms with van der Waals surface area (Å²) in [5.74, 6) is -4.88. The van der Waals surface area contributed by atoms with Gasteiger partial charge in [0.05, 0.1) is 85.3 Å². The molecule has 10 rings (SSSR count). The maximum absolute atomic E-state index is 13.2. The van der Waals surface area contributed by atoms with Crippen LogP contribution in [-0.4, -0.2) is 598 Å². The molecule has 0 aromatic rings. The molecule has 0 aromatic heterocycles. The molecule has 794 valence electrons. The number of rotatable bonds is 40. The molecule has 61 heteroatoms. The summed E-state index contributed by atoms with van der Waals surface area (Å²) in [7, 11) is 0. The first-order chi connectivity index (χ1) is 64.8. The first kappa shape index (κ1) is 114. The topological polar surface area (TPSA) is 957 Å². The third-order valence-corrected chi connectivity index (χ3v) is 24.6. The molecule has 10 fully saturated rings. The number of carbonyl (C=O) groups is 5. The van der Waals surface area contributed by atoms with Crippen LogP contribution in [0.25, 0.3) is 0 Å². The fourth-order valence-corrected chi connectivity index (χ4v) is 17.3. The molecule has 54 atom stereocenters. The highest BCUT2D eigenvalue weighted by Crippen LogP contribution is 2.41. The molecule has 0 aromatic carbocycles. The van der Waals surface area contributed by atoms with Crippen LogP contribution in [0.3, 0.4) is 0 Å². The van der Waals surface area contributed by atoms with E-state index in [0.717, 1.165) is 34.6 Å². The van der Waals surface area contributed by atoms with Crippen LogP contribution in [0, 0.1) is 0 Å². The molecule has 61 nitrogen and oxygen atoms in total. The highest BCUT2D eigenvalue weighted by molar-refractivity contribution is 5.75. The predicted molar refractivity (Wildman–Crippen MR) is 423 cm³/mol. The van der Waals surface area contributed by atoms with Gasteiger partial charge in [0.1, 0.15) is 262 Å². The van der Waals surface area contributed by atoms with Crippen molar-refractivity contribution < 1.29 is 277 Å². The van der Waals surface area contributed by atoms with E-state index in [1.807, 2.05) is 0 Å². The number of aliphatic hydroxyl groups excluding tert-OH is 31. The van der Waals surface area contributed by atoms with Crippen molar-refractivity contribution in [1.29, 1.82) is 0 Å². The molecular weight excluding hydrogens is 1880 g/mol. The number of amides is 5. The zero-order chi connectivity index (χ0) is 101. The van der Waals surface area contributed by atoms with Crippen molar-refractivity contribution in [2.75, 3.05) is 79.3 Å². The van der Waals surface area contributed by atoms with Gasteiger partial charge in [-0.2, -0.15) is 0 Å². The minimum absolute atomic E-state index is 0.853. The Morgan fingerprint density at radius 2 is 0.511 bits per heavy atom. The van der Waals surface area contributed by atoms with Crippen LogP contribution in [0.15, 0.2) is 0 Å². The zero-order valence-electron chi connectivity index (χ0n) is 73.7. The van der Waals surface area contributed by atoms with E-state index in [4.69, 9.17) is 94.7 Å². The van der Waals surface area contributed by atoms with E-state index in [-0.39, 0.29) is 0 Å². The molecule has 10 aliphatic rings. The summed E-state index contributed by atoms with van der Waals surface area (Å²) in [5.41, 5.74) is 0. The number of aliphatic hydroxyl groups is 31. The normalized spacial score (nSPS) is 46.5. The number of nitrogens with one attached hydrogen (secondary N) is 5. The van der Waals surface area contributed by atoms with Crippen LogP contribution in [-0.2, 0) is 119 Å². The second kappa shape index (κ2) is 50.9. The summed E-state index contributed by atoms with van der Waals surface area (Å²) < 4.78 is 120. The molecule has 10 heterocycles. The molecule has 5 amide bonds. The van der Waals surface area contributed by atoms with Gasteiger partial charge in [0.15, 0.2) is 62.9 Å². The van der Waals surface area contributed by atoms with Gasteiger partial charge in [-0.25, -0.2) is 0 Å². The smallest absolute Gasteiger partial charge is 0.217 e. The largest absolute Gasteiger partial charge is 0.394 e. The average Bonchev–Trinajstić information content (AvgIpc) is 0.782. The third-order valence-electron chi connectivity index (χ3n) is 24.6. The van der Waals surface area contributed by atoms with Crippen molar-refractivity contribution in [1.82, 2.24) is 26.6 Å². The number of hydrogen-bond acceptors (Lipinski definition) is 56. The van der Waals surface area contributed by atoms with Crippen molar-refractivity contribution in [2.45, 2.75) is 366 Å². The number of ether oxygens (including phenoxy) is 20. The Balaban J connectivity index is 1.04. The lowest BCUT2D eigenvalue weighted by molar-refractivity contribution is -0.399. The summed E-state index contributed by atoms with van der Waals surface area (Å²) >= 11 is 0. The third kappa shape index (κ3) is 26.2. The lowest BCUT2D eigenvalue weighted by atomic mass is 9.94. The molecule has 10 aliphatic heterocycles. The molecule has 137 heavy (non-hydrogen) atoms. The molecule has 0 spiro atoms. The van der Waals surface area contributed by atoms with Gasteiger partial charge in [-0.1, -0.05) is 0 Å². The summed E-state index contributed by atoms with van der Waals surface area (Å²) in [6.07, 6.45) is -107. The van der Waals surface area contributed by atoms with E-state index in [2.05, 4.69) is 26.6 Å². The maximum atomic E-state index is 13.2. The quantitative estimate of drug-likeness (QED) is 0.0271. The van der Waals surface area contributed by atoms with Crippen molar-refractivity contribution >= 4 is 29.5 Å². The minimum atomic E-state index is -2.72. The fraction of sp³-hybridized carbons (Fsp3) is 0.934. The summed E-state index contributed by atoms with van der Waals surface area (Å²) in [6.45, 7) is -9.44. The monoisotopic (exact) mass is 2010 g/mol. The first-order valence-corrected chi connectivity index (χ1v) is 43.6. The van der Waals surface area contributed by atoms with Gasteiger partial charge in [0.25, 0.3) is 0 Å². The summed E-state index contributed by atoms with van der Waals surface area (Å²) in [4.78, 5) is 64.7. The first-order valence-electron chi connectivity index (χ1n) is 43.6. The van der Waals surface area contributed by atoms with Crippen LogP contribution in [0.5, 0.6) is 0 Å².